The average molecular weight is 376 g/mol. The van der Waals surface area contributed by atoms with Crippen molar-refractivity contribution in [3.63, 3.8) is 0 Å². The predicted molar refractivity (Wildman–Crippen MR) is 103 cm³/mol. The van der Waals surface area contributed by atoms with Gasteiger partial charge in [0.2, 0.25) is 0 Å². The van der Waals surface area contributed by atoms with Gasteiger partial charge in [-0.15, -0.1) is 0 Å². The molecule has 28 heavy (non-hydrogen) atoms. The molecule has 6 heteroatoms. The van der Waals surface area contributed by atoms with Gasteiger partial charge in [0.05, 0.1) is 24.3 Å². The minimum absolute atomic E-state index is 0.0561. The molecule has 1 saturated heterocycles. The Morgan fingerprint density at radius 2 is 1.79 bits per heavy atom. The number of amides is 1. The average Bonchev–Trinajstić information content (AvgIpc) is 3.35. The first kappa shape index (κ1) is 17.1. The van der Waals surface area contributed by atoms with Crippen LogP contribution in [0.25, 0.3) is 0 Å². The van der Waals surface area contributed by atoms with Gasteiger partial charge in [0.25, 0.3) is 5.91 Å². The minimum atomic E-state index is -0.219. The van der Waals surface area contributed by atoms with E-state index in [-0.39, 0.29) is 23.8 Å². The zero-order valence-corrected chi connectivity index (χ0v) is 15.4. The molecule has 0 bridgehead atoms. The number of benzene rings is 1. The highest BCUT2D eigenvalue weighted by atomic mass is 19.1. The SMILES string of the molecule is O=C1c2cccn2[C@@H]2CN(Cc3ccc(F)cc3)C[C@H]2N1Cc1ccccn1. The molecule has 3 aromatic rings. The molecule has 1 amide bonds. The highest BCUT2D eigenvalue weighted by Gasteiger charge is 2.44. The van der Waals surface area contributed by atoms with E-state index in [9.17, 15) is 9.18 Å². The second kappa shape index (κ2) is 6.87. The second-order valence-corrected chi connectivity index (χ2v) is 7.51. The van der Waals surface area contributed by atoms with Gasteiger partial charge in [0.1, 0.15) is 11.5 Å². The van der Waals surface area contributed by atoms with Crippen LogP contribution < -0.4 is 0 Å². The van der Waals surface area contributed by atoms with Gasteiger partial charge in [-0.05, 0) is 42.0 Å². The standard InChI is InChI=1S/C22H21FN4O/c23-17-8-6-16(7-9-17)12-25-14-20-21(15-25)27(13-18-4-1-2-10-24-18)22(28)19-5-3-11-26(19)20/h1-11,20-21H,12-15H2/t20-,21-/m1/s1. The molecule has 1 fully saturated rings. The summed E-state index contributed by atoms with van der Waals surface area (Å²) in [6, 6.07) is 16.6. The number of carbonyl (C=O) groups excluding carboxylic acids is 1. The van der Waals surface area contributed by atoms with Crippen molar-refractivity contribution < 1.29 is 9.18 Å². The second-order valence-electron chi connectivity index (χ2n) is 7.51. The number of hydrogen-bond donors (Lipinski definition) is 0. The number of hydrogen-bond acceptors (Lipinski definition) is 3. The maximum absolute atomic E-state index is 13.2. The Hall–Kier alpha value is -2.99. The third kappa shape index (κ3) is 2.99. The number of aromatic nitrogens is 2. The fourth-order valence-electron chi connectivity index (χ4n) is 4.42. The Bertz CT molecular complexity index is 985. The van der Waals surface area contributed by atoms with E-state index in [0.717, 1.165) is 36.6 Å². The normalized spacial score (nSPS) is 21.6. The van der Waals surface area contributed by atoms with Crippen LogP contribution in [0.15, 0.2) is 67.0 Å². The van der Waals surface area contributed by atoms with Gasteiger partial charge in [0, 0.05) is 32.0 Å². The van der Waals surface area contributed by atoms with Crippen molar-refractivity contribution >= 4 is 5.91 Å². The van der Waals surface area contributed by atoms with E-state index in [2.05, 4.69) is 14.5 Å². The minimum Gasteiger partial charge on any atom is -0.337 e. The van der Waals surface area contributed by atoms with E-state index >= 15 is 0 Å². The molecule has 4 heterocycles. The summed E-state index contributed by atoms with van der Waals surface area (Å²) in [4.78, 5) is 21.9. The molecule has 142 valence electrons. The molecule has 2 atom stereocenters. The monoisotopic (exact) mass is 376 g/mol. The first-order valence-corrected chi connectivity index (χ1v) is 9.53. The Morgan fingerprint density at radius 3 is 2.57 bits per heavy atom. The molecule has 0 spiro atoms. The van der Waals surface area contributed by atoms with Crippen LogP contribution in [0.1, 0.15) is 27.8 Å². The summed E-state index contributed by atoms with van der Waals surface area (Å²) in [6.07, 6.45) is 3.77. The van der Waals surface area contributed by atoms with Gasteiger partial charge < -0.3 is 9.47 Å². The molecule has 5 rings (SSSR count). The van der Waals surface area contributed by atoms with E-state index in [1.807, 2.05) is 53.6 Å². The van der Waals surface area contributed by atoms with Gasteiger partial charge in [-0.3, -0.25) is 14.7 Å². The lowest BCUT2D eigenvalue weighted by atomic mass is 10.1. The van der Waals surface area contributed by atoms with Crippen LogP contribution >= 0.6 is 0 Å². The van der Waals surface area contributed by atoms with Gasteiger partial charge in [-0.25, -0.2) is 4.39 Å². The lowest BCUT2D eigenvalue weighted by molar-refractivity contribution is 0.0553. The lowest BCUT2D eigenvalue weighted by Gasteiger charge is -2.38. The number of carbonyl (C=O) groups is 1. The Labute approximate surface area is 163 Å². The zero-order chi connectivity index (χ0) is 19.1. The van der Waals surface area contributed by atoms with Crippen LogP contribution in [0.2, 0.25) is 0 Å². The van der Waals surface area contributed by atoms with Crippen LogP contribution in [0.5, 0.6) is 0 Å². The van der Waals surface area contributed by atoms with E-state index in [1.165, 1.54) is 12.1 Å². The summed E-state index contributed by atoms with van der Waals surface area (Å²) in [5.41, 5.74) is 2.71. The van der Waals surface area contributed by atoms with Gasteiger partial charge in [-0.2, -0.15) is 0 Å². The Balaban J connectivity index is 1.42. The first-order valence-electron chi connectivity index (χ1n) is 9.53. The Morgan fingerprint density at radius 1 is 0.964 bits per heavy atom. The largest absolute Gasteiger partial charge is 0.337 e. The van der Waals surface area contributed by atoms with Crippen molar-refractivity contribution in [1.29, 1.82) is 0 Å². The summed E-state index contributed by atoms with van der Waals surface area (Å²) in [5, 5.41) is 0. The van der Waals surface area contributed by atoms with Gasteiger partial charge in [0.15, 0.2) is 0 Å². The maximum Gasteiger partial charge on any atom is 0.271 e. The third-order valence-corrected chi connectivity index (χ3v) is 5.73. The van der Waals surface area contributed by atoms with E-state index in [4.69, 9.17) is 0 Å². The fourth-order valence-corrected chi connectivity index (χ4v) is 4.42. The molecule has 0 saturated carbocycles. The smallest absolute Gasteiger partial charge is 0.271 e. The number of pyridine rings is 1. The summed E-state index contributed by atoms with van der Waals surface area (Å²) in [5.74, 6) is -0.163. The highest BCUT2D eigenvalue weighted by Crippen LogP contribution is 2.35. The van der Waals surface area contributed by atoms with Crippen molar-refractivity contribution in [3.8, 4) is 0 Å². The first-order chi connectivity index (χ1) is 13.7. The summed E-state index contributed by atoms with van der Waals surface area (Å²) >= 11 is 0. The zero-order valence-electron chi connectivity index (χ0n) is 15.4. The quantitative estimate of drug-likeness (QED) is 0.703. The molecule has 2 aliphatic heterocycles. The van der Waals surface area contributed by atoms with Gasteiger partial charge >= 0.3 is 0 Å². The highest BCUT2D eigenvalue weighted by molar-refractivity contribution is 5.94. The van der Waals surface area contributed by atoms with Crippen LogP contribution in [0.4, 0.5) is 4.39 Å². The Kier molecular flexibility index (Phi) is 4.20. The molecule has 0 aliphatic carbocycles. The molecule has 0 unspecified atom stereocenters. The lowest BCUT2D eigenvalue weighted by Crippen LogP contribution is -2.49. The number of likely N-dealkylation sites (tertiary alicyclic amines) is 1. The number of fused-ring (bicyclic) bond motifs is 3. The number of halogens is 1. The van der Waals surface area contributed by atoms with Crippen molar-refractivity contribution in [1.82, 2.24) is 19.4 Å². The molecule has 0 N–H and O–H groups in total. The molecular weight excluding hydrogens is 355 g/mol. The van der Waals surface area contributed by atoms with Gasteiger partial charge in [-0.1, -0.05) is 18.2 Å². The fraction of sp³-hybridized carbons (Fsp3) is 0.273. The van der Waals surface area contributed by atoms with Crippen molar-refractivity contribution in [2.45, 2.75) is 25.2 Å². The van der Waals surface area contributed by atoms with Crippen LogP contribution in [0.3, 0.4) is 0 Å². The van der Waals surface area contributed by atoms with Crippen LogP contribution in [0, 0.1) is 5.82 Å². The van der Waals surface area contributed by atoms with Crippen molar-refractivity contribution in [3.05, 3.63) is 89.8 Å². The summed E-state index contributed by atoms with van der Waals surface area (Å²) in [7, 11) is 0. The van der Waals surface area contributed by atoms with Crippen molar-refractivity contribution in [2.75, 3.05) is 13.1 Å². The summed E-state index contributed by atoms with van der Waals surface area (Å²) in [6.45, 7) is 2.90. The molecule has 1 aromatic carbocycles. The van der Waals surface area contributed by atoms with E-state index < -0.39 is 0 Å². The number of rotatable bonds is 4. The molecule has 0 radical (unpaired) electrons. The molecular formula is C22H21FN4O. The third-order valence-electron chi connectivity index (χ3n) is 5.73. The molecule has 5 nitrogen and oxygen atoms in total. The van der Waals surface area contributed by atoms with Crippen LogP contribution in [-0.2, 0) is 13.1 Å². The maximum atomic E-state index is 13.2. The summed E-state index contributed by atoms with van der Waals surface area (Å²) < 4.78 is 15.3. The topological polar surface area (TPSA) is 41.4 Å². The van der Waals surface area contributed by atoms with Crippen molar-refractivity contribution in [2.24, 2.45) is 0 Å². The molecule has 2 aromatic heterocycles. The van der Waals surface area contributed by atoms with E-state index in [0.29, 0.717) is 6.54 Å². The molecule has 2 aliphatic rings. The number of nitrogens with zero attached hydrogens (tertiary/aromatic N) is 4. The van der Waals surface area contributed by atoms with E-state index in [1.54, 1.807) is 6.20 Å². The predicted octanol–water partition coefficient (Wildman–Crippen LogP) is 3.10. The van der Waals surface area contributed by atoms with Crippen LogP contribution in [-0.4, -0.2) is 44.4 Å².